The van der Waals surface area contributed by atoms with Crippen molar-refractivity contribution in [1.29, 1.82) is 0 Å². The standard InChI is InChI=1S/C17H23N3O2.3ClH/c18-16(10-13-4-2-1-3-5-13)17(22)12-20(19)11-14-6-8-15(21)9-7-14;;;/h1-9,16-17,21-22H,10-12,18-19H2;3*1H. The van der Waals surface area contributed by atoms with Gasteiger partial charge in [0.1, 0.15) is 5.75 Å². The third kappa shape index (κ3) is 9.28. The van der Waals surface area contributed by atoms with Crippen LogP contribution in [0.2, 0.25) is 0 Å². The Morgan fingerprint density at radius 2 is 1.44 bits per heavy atom. The quantitative estimate of drug-likeness (QED) is 0.415. The molecule has 0 aromatic heterocycles. The first kappa shape index (κ1) is 26.2. The number of aromatic hydroxyl groups is 1. The van der Waals surface area contributed by atoms with Crippen molar-refractivity contribution in [3.8, 4) is 5.75 Å². The fraction of sp³-hybridized carbons (Fsp3) is 0.294. The molecule has 5 nitrogen and oxygen atoms in total. The van der Waals surface area contributed by atoms with Gasteiger partial charge in [-0.15, -0.1) is 37.2 Å². The molecule has 0 aliphatic rings. The van der Waals surface area contributed by atoms with Crippen LogP contribution in [0.4, 0.5) is 0 Å². The number of benzene rings is 2. The van der Waals surface area contributed by atoms with Crippen LogP contribution in [-0.2, 0) is 13.0 Å². The van der Waals surface area contributed by atoms with Gasteiger partial charge >= 0.3 is 0 Å². The van der Waals surface area contributed by atoms with Crippen LogP contribution in [0.15, 0.2) is 54.6 Å². The minimum Gasteiger partial charge on any atom is -0.508 e. The Balaban J connectivity index is 0. The topological polar surface area (TPSA) is 95.7 Å². The van der Waals surface area contributed by atoms with E-state index in [1.807, 2.05) is 30.3 Å². The number of hydrogen-bond donors (Lipinski definition) is 4. The van der Waals surface area contributed by atoms with E-state index in [1.54, 1.807) is 24.3 Å². The molecule has 2 aromatic carbocycles. The van der Waals surface area contributed by atoms with Crippen molar-refractivity contribution in [3.63, 3.8) is 0 Å². The number of hydrazine groups is 1. The maximum atomic E-state index is 10.2. The highest BCUT2D eigenvalue weighted by Crippen LogP contribution is 2.11. The largest absolute Gasteiger partial charge is 0.508 e. The molecule has 2 aromatic rings. The SMILES string of the molecule is Cl.Cl.Cl.NC(Cc1ccccc1)C(O)CN(N)Cc1ccc(O)cc1. The maximum absolute atomic E-state index is 10.2. The molecule has 0 heterocycles. The lowest BCUT2D eigenvalue weighted by molar-refractivity contribution is 0.0877. The first-order chi connectivity index (χ1) is 10.5. The minimum absolute atomic E-state index is 0. The van der Waals surface area contributed by atoms with Gasteiger partial charge in [0.25, 0.3) is 0 Å². The van der Waals surface area contributed by atoms with Crippen LogP contribution >= 0.6 is 37.2 Å². The van der Waals surface area contributed by atoms with E-state index in [9.17, 15) is 10.2 Å². The van der Waals surface area contributed by atoms with Gasteiger partial charge in [-0.25, -0.2) is 5.01 Å². The van der Waals surface area contributed by atoms with Gasteiger partial charge in [0.2, 0.25) is 0 Å². The lowest BCUT2D eigenvalue weighted by atomic mass is 10.0. The smallest absolute Gasteiger partial charge is 0.115 e. The molecular formula is C17H26Cl3N3O2. The predicted molar refractivity (Wildman–Crippen MR) is 109 cm³/mol. The number of aliphatic hydroxyl groups excluding tert-OH is 1. The maximum Gasteiger partial charge on any atom is 0.115 e. The molecule has 8 heteroatoms. The number of rotatable bonds is 7. The highest BCUT2D eigenvalue weighted by Gasteiger charge is 2.17. The van der Waals surface area contributed by atoms with E-state index < -0.39 is 6.10 Å². The molecule has 0 spiro atoms. The molecule has 0 saturated carbocycles. The molecule has 142 valence electrons. The number of aliphatic hydroxyl groups is 1. The molecule has 0 amide bonds. The summed E-state index contributed by atoms with van der Waals surface area (Å²) in [6, 6.07) is 16.3. The Morgan fingerprint density at radius 1 is 0.880 bits per heavy atom. The normalized spacial score (nSPS) is 12.3. The number of phenolic OH excluding ortho intramolecular Hbond substituents is 1. The summed E-state index contributed by atoms with van der Waals surface area (Å²) in [5.74, 6) is 6.15. The molecule has 0 aliphatic carbocycles. The van der Waals surface area contributed by atoms with E-state index >= 15 is 0 Å². The van der Waals surface area contributed by atoms with E-state index in [2.05, 4.69) is 0 Å². The van der Waals surface area contributed by atoms with Crippen LogP contribution in [0.25, 0.3) is 0 Å². The molecule has 0 saturated heterocycles. The van der Waals surface area contributed by atoms with Gasteiger partial charge in [-0.2, -0.15) is 0 Å². The summed E-state index contributed by atoms with van der Waals surface area (Å²) < 4.78 is 0. The van der Waals surface area contributed by atoms with Crippen molar-refractivity contribution in [1.82, 2.24) is 5.01 Å². The van der Waals surface area contributed by atoms with Gasteiger partial charge in [-0.1, -0.05) is 42.5 Å². The summed E-state index contributed by atoms with van der Waals surface area (Å²) in [4.78, 5) is 0. The fourth-order valence-electron chi connectivity index (χ4n) is 2.30. The highest BCUT2D eigenvalue weighted by atomic mass is 35.5. The monoisotopic (exact) mass is 409 g/mol. The second kappa shape index (κ2) is 13.2. The zero-order chi connectivity index (χ0) is 15.9. The first-order valence-electron chi connectivity index (χ1n) is 7.29. The molecule has 0 bridgehead atoms. The number of halogens is 3. The Hall–Kier alpha value is -1.05. The lowest BCUT2D eigenvalue weighted by Crippen LogP contribution is -2.46. The van der Waals surface area contributed by atoms with Crippen LogP contribution in [0.3, 0.4) is 0 Å². The molecule has 0 radical (unpaired) electrons. The third-order valence-corrected chi connectivity index (χ3v) is 3.55. The molecule has 0 aliphatic heterocycles. The number of nitrogens with zero attached hydrogens (tertiary/aromatic N) is 1. The summed E-state index contributed by atoms with van der Waals surface area (Å²) in [5, 5.41) is 21.0. The fourth-order valence-corrected chi connectivity index (χ4v) is 2.30. The summed E-state index contributed by atoms with van der Waals surface area (Å²) in [5.41, 5.74) is 8.10. The van der Waals surface area contributed by atoms with Gasteiger partial charge in [0.05, 0.1) is 6.10 Å². The van der Waals surface area contributed by atoms with Gasteiger partial charge < -0.3 is 15.9 Å². The van der Waals surface area contributed by atoms with E-state index in [-0.39, 0.29) is 55.6 Å². The molecular weight excluding hydrogens is 385 g/mol. The molecule has 2 unspecified atom stereocenters. The van der Waals surface area contributed by atoms with E-state index in [1.165, 1.54) is 5.01 Å². The Morgan fingerprint density at radius 3 is 2.00 bits per heavy atom. The van der Waals surface area contributed by atoms with Crippen LogP contribution in [0.5, 0.6) is 5.75 Å². The summed E-state index contributed by atoms with van der Waals surface area (Å²) in [7, 11) is 0. The highest BCUT2D eigenvalue weighted by molar-refractivity contribution is 5.86. The van der Waals surface area contributed by atoms with Gasteiger partial charge in [-0.05, 0) is 29.7 Å². The molecule has 6 N–H and O–H groups in total. The summed E-state index contributed by atoms with van der Waals surface area (Å²) in [6.07, 6.45) is -0.1000. The van der Waals surface area contributed by atoms with Gasteiger partial charge in [0.15, 0.2) is 0 Å². The van der Waals surface area contributed by atoms with Crippen LogP contribution in [0, 0.1) is 0 Å². The molecule has 25 heavy (non-hydrogen) atoms. The van der Waals surface area contributed by atoms with Crippen LogP contribution in [-0.4, -0.2) is 33.9 Å². The third-order valence-electron chi connectivity index (χ3n) is 3.55. The average Bonchev–Trinajstić information content (AvgIpc) is 2.50. The van der Waals surface area contributed by atoms with Crippen molar-refractivity contribution in [2.24, 2.45) is 11.6 Å². The Bertz CT molecular complexity index is 573. The van der Waals surface area contributed by atoms with E-state index in [4.69, 9.17) is 11.6 Å². The summed E-state index contributed by atoms with van der Waals surface area (Å²) in [6.45, 7) is 0.768. The van der Waals surface area contributed by atoms with Crippen LogP contribution < -0.4 is 11.6 Å². The predicted octanol–water partition coefficient (Wildman–Crippen LogP) is 2.26. The minimum atomic E-state index is -0.706. The molecule has 0 fully saturated rings. The number of phenols is 1. The Labute approximate surface area is 167 Å². The van der Waals surface area contributed by atoms with Crippen molar-refractivity contribution in [2.45, 2.75) is 25.1 Å². The van der Waals surface area contributed by atoms with Crippen molar-refractivity contribution < 1.29 is 10.2 Å². The second-order valence-electron chi connectivity index (χ2n) is 5.52. The van der Waals surface area contributed by atoms with Gasteiger partial charge in [0, 0.05) is 19.1 Å². The van der Waals surface area contributed by atoms with E-state index in [0.29, 0.717) is 13.0 Å². The molecule has 2 atom stereocenters. The summed E-state index contributed by atoms with van der Waals surface area (Å²) >= 11 is 0. The number of nitrogens with two attached hydrogens (primary N) is 2. The second-order valence-corrected chi connectivity index (χ2v) is 5.52. The van der Waals surface area contributed by atoms with Crippen molar-refractivity contribution in [2.75, 3.05) is 6.54 Å². The molecule has 2 rings (SSSR count). The zero-order valence-electron chi connectivity index (χ0n) is 13.7. The van der Waals surface area contributed by atoms with Crippen LogP contribution in [0.1, 0.15) is 11.1 Å². The lowest BCUT2D eigenvalue weighted by Gasteiger charge is -2.24. The Kier molecular flexibility index (Phi) is 13.8. The van der Waals surface area contributed by atoms with Crippen molar-refractivity contribution >= 4 is 37.2 Å². The zero-order valence-corrected chi connectivity index (χ0v) is 16.1. The first-order valence-corrected chi connectivity index (χ1v) is 7.29. The van der Waals surface area contributed by atoms with Crippen molar-refractivity contribution in [3.05, 3.63) is 65.7 Å². The number of hydrogen-bond acceptors (Lipinski definition) is 5. The van der Waals surface area contributed by atoms with Gasteiger partial charge in [-0.3, -0.25) is 5.84 Å². The average molecular weight is 411 g/mol. The van der Waals surface area contributed by atoms with E-state index in [0.717, 1.165) is 11.1 Å².